The van der Waals surface area contributed by atoms with E-state index in [0.29, 0.717) is 11.3 Å². The van der Waals surface area contributed by atoms with Crippen molar-refractivity contribution in [1.29, 1.82) is 0 Å². The van der Waals surface area contributed by atoms with Gasteiger partial charge in [-0.25, -0.2) is 0 Å². The summed E-state index contributed by atoms with van der Waals surface area (Å²) in [4.78, 5) is 3.95. The molecule has 1 aromatic carbocycles. The monoisotopic (exact) mass is 271 g/mol. The van der Waals surface area contributed by atoms with Crippen LogP contribution in [-0.4, -0.2) is 16.3 Å². The first-order valence-corrected chi connectivity index (χ1v) is 5.61. The van der Waals surface area contributed by atoms with Crippen LogP contribution in [0.5, 0.6) is 0 Å². The minimum absolute atomic E-state index is 0.0231. The molecule has 0 unspecified atom stereocenters. The molecule has 0 saturated carbocycles. The van der Waals surface area contributed by atoms with Gasteiger partial charge in [0.2, 0.25) is 0 Å². The highest BCUT2D eigenvalue weighted by atomic mass is 19.4. The number of nitrogen functional groups attached to an aromatic ring is 1. The Morgan fingerprint density at radius 1 is 1.32 bits per heavy atom. The highest BCUT2D eigenvalue weighted by molar-refractivity contribution is 5.73. The molecule has 2 rings (SSSR count). The van der Waals surface area contributed by atoms with Crippen molar-refractivity contribution >= 4 is 5.69 Å². The molecule has 2 N–H and O–H groups in total. The van der Waals surface area contributed by atoms with Crippen LogP contribution in [0.1, 0.15) is 17.8 Å². The number of alkyl halides is 3. The second-order valence-electron chi connectivity index (χ2n) is 4.17. The van der Waals surface area contributed by atoms with Crippen molar-refractivity contribution in [2.75, 3.05) is 5.73 Å². The van der Waals surface area contributed by atoms with E-state index in [2.05, 4.69) is 10.1 Å². The van der Waals surface area contributed by atoms with Crippen LogP contribution in [0.3, 0.4) is 0 Å². The van der Waals surface area contributed by atoms with E-state index in [0.717, 1.165) is 5.56 Å². The van der Waals surface area contributed by atoms with Crippen molar-refractivity contribution in [3.8, 4) is 11.5 Å². The number of hydrogen-bond acceptors (Lipinski definition) is 4. The van der Waals surface area contributed by atoms with E-state index in [1.54, 1.807) is 12.1 Å². The van der Waals surface area contributed by atoms with E-state index in [9.17, 15) is 13.2 Å². The molecule has 102 valence electrons. The van der Waals surface area contributed by atoms with Gasteiger partial charge in [-0.3, -0.25) is 0 Å². The van der Waals surface area contributed by atoms with Gasteiger partial charge < -0.3 is 10.3 Å². The molecule has 4 nitrogen and oxygen atoms in total. The van der Waals surface area contributed by atoms with Crippen molar-refractivity contribution in [1.82, 2.24) is 10.1 Å². The molecule has 0 saturated heterocycles. The normalized spacial score (nSPS) is 11.8. The summed E-state index contributed by atoms with van der Waals surface area (Å²) < 4.78 is 41.2. The quantitative estimate of drug-likeness (QED) is 0.871. The zero-order valence-corrected chi connectivity index (χ0v) is 10.2. The first-order chi connectivity index (χ1) is 8.87. The third-order valence-corrected chi connectivity index (χ3v) is 2.62. The average Bonchev–Trinajstić information content (AvgIpc) is 2.74. The van der Waals surface area contributed by atoms with Gasteiger partial charge in [0, 0.05) is 12.1 Å². The molecular formula is C12H12F3N3O. The molecule has 19 heavy (non-hydrogen) atoms. The summed E-state index contributed by atoms with van der Waals surface area (Å²) in [6, 6.07) is 5.25. The van der Waals surface area contributed by atoms with Crippen molar-refractivity contribution < 1.29 is 17.7 Å². The maximum Gasteiger partial charge on any atom is 0.389 e. The minimum Gasteiger partial charge on any atom is -0.398 e. The van der Waals surface area contributed by atoms with E-state index in [1.807, 2.05) is 13.0 Å². The summed E-state index contributed by atoms with van der Waals surface area (Å²) in [5.74, 6) is 0.169. The fraction of sp³-hybridized carbons (Fsp3) is 0.333. The van der Waals surface area contributed by atoms with E-state index in [1.165, 1.54) is 0 Å². The van der Waals surface area contributed by atoms with E-state index in [-0.39, 0.29) is 18.1 Å². The maximum atomic E-state index is 12.1. The number of anilines is 1. The zero-order chi connectivity index (χ0) is 14.0. The molecule has 0 radical (unpaired) electrons. The smallest absolute Gasteiger partial charge is 0.389 e. The van der Waals surface area contributed by atoms with Gasteiger partial charge in [0.05, 0.1) is 12.0 Å². The number of aryl methyl sites for hydroxylation is 2. The molecule has 0 aliphatic carbocycles. The van der Waals surface area contributed by atoms with Crippen LogP contribution in [0.4, 0.5) is 18.9 Å². The lowest BCUT2D eigenvalue weighted by Crippen LogP contribution is -2.09. The highest BCUT2D eigenvalue weighted by Crippen LogP contribution is 2.28. The minimum atomic E-state index is -4.23. The molecule has 0 fully saturated rings. The average molecular weight is 271 g/mol. The predicted molar refractivity (Wildman–Crippen MR) is 63.3 cm³/mol. The second-order valence-corrected chi connectivity index (χ2v) is 4.17. The molecule has 1 aromatic heterocycles. The van der Waals surface area contributed by atoms with Crippen LogP contribution in [0.15, 0.2) is 22.7 Å². The lowest BCUT2D eigenvalue weighted by atomic mass is 10.1. The Kier molecular flexibility index (Phi) is 3.46. The van der Waals surface area contributed by atoms with Crippen LogP contribution >= 0.6 is 0 Å². The number of halogens is 3. The lowest BCUT2D eigenvalue weighted by molar-refractivity contribution is -0.134. The molecule has 0 atom stereocenters. The van der Waals surface area contributed by atoms with Crippen LogP contribution in [0.2, 0.25) is 0 Å². The van der Waals surface area contributed by atoms with Crippen molar-refractivity contribution in [2.45, 2.75) is 25.9 Å². The second kappa shape index (κ2) is 4.91. The largest absolute Gasteiger partial charge is 0.398 e. The van der Waals surface area contributed by atoms with Crippen LogP contribution < -0.4 is 5.73 Å². The molecule has 0 aliphatic heterocycles. The molecular weight excluding hydrogens is 259 g/mol. The zero-order valence-electron chi connectivity index (χ0n) is 10.2. The summed E-state index contributed by atoms with van der Waals surface area (Å²) >= 11 is 0. The van der Waals surface area contributed by atoms with E-state index < -0.39 is 12.6 Å². The molecule has 1 heterocycles. The number of hydrogen-bond donors (Lipinski definition) is 1. The summed E-state index contributed by atoms with van der Waals surface area (Å²) in [6.45, 7) is 1.81. The summed E-state index contributed by atoms with van der Waals surface area (Å²) in [5.41, 5.74) is 7.64. The highest BCUT2D eigenvalue weighted by Gasteiger charge is 2.27. The molecule has 7 heteroatoms. The van der Waals surface area contributed by atoms with Crippen molar-refractivity contribution in [3.05, 3.63) is 29.6 Å². The van der Waals surface area contributed by atoms with Crippen LogP contribution in [0, 0.1) is 6.92 Å². The number of nitrogens with two attached hydrogens (primary N) is 1. The van der Waals surface area contributed by atoms with Crippen LogP contribution in [-0.2, 0) is 6.42 Å². The third kappa shape index (κ3) is 3.24. The Labute approximate surface area is 107 Å². The molecule has 2 aromatic rings. The van der Waals surface area contributed by atoms with Gasteiger partial charge in [0.1, 0.15) is 0 Å². The fourth-order valence-corrected chi connectivity index (χ4v) is 1.69. The van der Waals surface area contributed by atoms with Gasteiger partial charge in [0.25, 0.3) is 5.89 Å². The molecule has 0 amide bonds. The predicted octanol–water partition coefficient (Wildman–Crippen LogP) is 3.12. The lowest BCUT2D eigenvalue weighted by Gasteiger charge is -2.03. The van der Waals surface area contributed by atoms with Gasteiger partial charge in [-0.15, -0.1) is 0 Å². The Balaban J connectivity index is 2.22. The number of rotatable bonds is 3. The SMILES string of the molecule is Cc1cccc(N)c1-c1nc(CCC(F)(F)F)no1. The summed E-state index contributed by atoms with van der Waals surface area (Å²) in [6.07, 6.45) is -5.52. The summed E-state index contributed by atoms with van der Waals surface area (Å²) in [7, 11) is 0. The van der Waals surface area contributed by atoms with Gasteiger partial charge >= 0.3 is 6.18 Å². The Morgan fingerprint density at radius 3 is 2.68 bits per heavy atom. The van der Waals surface area contributed by atoms with Gasteiger partial charge in [-0.2, -0.15) is 18.2 Å². The molecule has 0 spiro atoms. The number of benzene rings is 1. The molecule has 0 aliphatic rings. The summed E-state index contributed by atoms with van der Waals surface area (Å²) in [5, 5.41) is 3.54. The van der Waals surface area contributed by atoms with Gasteiger partial charge in [-0.1, -0.05) is 17.3 Å². The van der Waals surface area contributed by atoms with E-state index >= 15 is 0 Å². The van der Waals surface area contributed by atoms with Gasteiger partial charge in [0.15, 0.2) is 5.82 Å². The Bertz CT molecular complexity index is 558. The van der Waals surface area contributed by atoms with Gasteiger partial charge in [-0.05, 0) is 18.6 Å². The first kappa shape index (κ1) is 13.4. The Hall–Kier alpha value is -2.05. The van der Waals surface area contributed by atoms with Crippen molar-refractivity contribution in [2.24, 2.45) is 0 Å². The number of nitrogens with zero attached hydrogens (tertiary/aromatic N) is 2. The number of aromatic nitrogens is 2. The molecule has 0 bridgehead atoms. The first-order valence-electron chi connectivity index (χ1n) is 5.61. The van der Waals surface area contributed by atoms with Crippen LogP contribution in [0.25, 0.3) is 11.5 Å². The topological polar surface area (TPSA) is 64.9 Å². The third-order valence-electron chi connectivity index (χ3n) is 2.62. The standard InChI is InChI=1S/C12H12F3N3O/c1-7-3-2-4-8(16)10(7)11-17-9(18-19-11)5-6-12(13,14)15/h2-4H,5-6,16H2,1H3. The van der Waals surface area contributed by atoms with E-state index in [4.69, 9.17) is 10.3 Å². The fourth-order valence-electron chi connectivity index (χ4n) is 1.69. The van der Waals surface area contributed by atoms with Crippen molar-refractivity contribution in [3.63, 3.8) is 0 Å². The maximum absolute atomic E-state index is 12.1. The Morgan fingerprint density at radius 2 is 2.05 bits per heavy atom.